The van der Waals surface area contributed by atoms with E-state index in [-0.39, 0.29) is 12.4 Å². The molecule has 1 amide bonds. The van der Waals surface area contributed by atoms with Gasteiger partial charge in [0, 0.05) is 18.5 Å². The molecule has 3 nitrogen and oxygen atoms in total. The minimum Gasteiger partial charge on any atom is -0.353 e. The van der Waals surface area contributed by atoms with Crippen molar-refractivity contribution in [2.45, 2.75) is 38.1 Å². The predicted octanol–water partition coefficient (Wildman–Crippen LogP) is 1.08. The smallest absolute Gasteiger partial charge is 0.223 e. The molecule has 3 rings (SSSR count). The van der Waals surface area contributed by atoms with E-state index in [1.54, 1.807) is 0 Å². The molecule has 2 atom stereocenters. The molecular weight excluding hydrogens is 212 g/mol. The van der Waals surface area contributed by atoms with Gasteiger partial charge in [0.2, 0.25) is 5.91 Å². The molecule has 1 spiro atoms. The molecule has 3 aliphatic rings. The Morgan fingerprint density at radius 2 is 2.20 bits per heavy atom. The number of amides is 1. The maximum absolute atomic E-state index is 11.8. The van der Waals surface area contributed by atoms with Crippen molar-refractivity contribution in [2.24, 2.45) is 11.3 Å². The lowest BCUT2D eigenvalue weighted by atomic mass is 9.92. The van der Waals surface area contributed by atoms with Crippen molar-refractivity contribution < 1.29 is 4.79 Å². The van der Waals surface area contributed by atoms with Crippen molar-refractivity contribution in [2.75, 3.05) is 13.1 Å². The van der Waals surface area contributed by atoms with Gasteiger partial charge in [0.05, 0.1) is 0 Å². The molecule has 86 valence electrons. The highest BCUT2D eigenvalue weighted by Crippen LogP contribution is 2.56. The Hall–Kier alpha value is -0.280. The summed E-state index contributed by atoms with van der Waals surface area (Å²) >= 11 is 0. The third-order valence-corrected chi connectivity index (χ3v) is 4.23. The van der Waals surface area contributed by atoms with Crippen LogP contribution in [-0.4, -0.2) is 25.0 Å². The number of hydrogen-bond donors (Lipinski definition) is 2. The SMILES string of the molecule is Cl.O=C(NC1CCC1)C1CC12CCNC2. The van der Waals surface area contributed by atoms with Gasteiger partial charge in [-0.3, -0.25) is 4.79 Å². The second-order valence-electron chi connectivity index (χ2n) is 5.18. The molecule has 2 N–H and O–H groups in total. The maximum atomic E-state index is 11.8. The van der Waals surface area contributed by atoms with E-state index in [4.69, 9.17) is 0 Å². The molecule has 4 heteroatoms. The summed E-state index contributed by atoms with van der Waals surface area (Å²) in [6.45, 7) is 2.17. The average Bonchev–Trinajstić information content (AvgIpc) is 2.57. The first-order chi connectivity index (χ1) is 6.80. The van der Waals surface area contributed by atoms with Gasteiger partial charge >= 0.3 is 0 Å². The van der Waals surface area contributed by atoms with Crippen molar-refractivity contribution in [3.05, 3.63) is 0 Å². The molecule has 0 aromatic carbocycles. The Balaban J connectivity index is 0.000000853. The van der Waals surface area contributed by atoms with Gasteiger partial charge in [0.1, 0.15) is 0 Å². The minimum atomic E-state index is 0. The van der Waals surface area contributed by atoms with E-state index in [1.165, 1.54) is 25.7 Å². The molecule has 2 aliphatic carbocycles. The molecule has 1 heterocycles. The summed E-state index contributed by atoms with van der Waals surface area (Å²) in [5, 5.41) is 6.52. The minimum absolute atomic E-state index is 0. The normalized spacial score (nSPS) is 38.3. The lowest BCUT2D eigenvalue weighted by Gasteiger charge is -2.26. The molecule has 2 saturated carbocycles. The fraction of sp³-hybridized carbons (Fsp3) is 0.909. The van der Waals surface area contributed by atoms with E-state index in [0.717, 1.165) is 19.5 Å². The highest BCUT2D eigenvalue weighted by Gasteiger charge is 2.59. The van der Waals surface area contributed by atoms with Crippen LogP contribution in [0.2, 0.25) is 0 Å². The van der Waals surface area contributed by atoms with Crippen LogP contribution in [0.1, 0.15) is 32.1 Å². The number of carbonyl (C=O) groups is 1. The van der Waals surface area contributed by atoms with Crippen molar-refractivity contribution >= 4 is 18.3 Å². The van der Waals surface area contributed by atoms with Crippen LogP contribution in [0.3, 0.4) is 0 Å². The topological polar surface area (TPSA) is 41.1 Å². The number of hydrogen-bond acceptors (Lipinski definition) is 2. The zero-order chi connectivity index (χ0) is 9.60. The van der Waals surface area contributed by atoms with E-state index >= 15 is 0 Å². The molecule has 0 aromatic rings. The van der Waals surface area contributed by atoms with Crippen LogP contribution < -0.4 is 10.6 Å². The molecule has 0 bridgehead atoms. The standard InChI is InChI=1S/C11H18N2O.ClH/c14-10(13-8-2-1-3-8)9-6-11(9)4-5-12-7-11;/h8-9,12H,1-7H2,(H,13,14);1H. The fourth-order valence-electron chi connectivity index (χ4n) is 2.81. The Kier molecular flexibility index (Phi) is 2.95. The van der Waals surface area contributed by atoms with E-state index in [1.807, 2.05) is 0 Å². The molecule has 1 aliphatic heterocycles. The molecule has 0 radical (unpaired) electrons. The monoisotopic (exact) mass is 230 g/mol. The number of halogens is 1. The Morgan fingerprint density at radius 3 is 2.73 bits per heavy atom. The maximum Gasteiger partial charge on any atom is 0.223 e. The molecule has 2 unspecified atom stereocenters. The fourth-order valence-corrected chi connectivity index (χ4v) is 2.81. The van der Waals surface area contributed by atoms with Gasteiger partial charge in [-0.15, -0.1) is 12.4 Å². The van der Waals surface area contributed by atoms with E-state index in [0.29, 0.717) is 23.3 Å². The highest BCUT2D eigenvalue weighted by atomic mass is 35.5. The zero-order valence-electron chi connectivity index (χ0n) is 8.92. The van der Waals surface area contributed by atoms with Crippen molar-refractivity contribution in [1.82, 2.24) is 10.6 Å². The van der Waals surface area contributed by atoms with Crippen molar-refractivity contribution in [1.29, 1.82) is 0 Å². The third-order valence-electron chi connectivity index (χ3n) is 4.23. The van der Waals surface area contributed by atoms with Crippen LogP contribution >= 0.6 is 12.4 Å². The predicted molar refractivity (Wildman–Crippen MR) is 61.1 cm³/mol. The summed E-state index contributed by atoms with van der Waals surface area (Å²) < 4.78 is 0. The summed E-state index contributed by atoms with van der Waals surface area (Å²) in [6.07, 6.45) is 6.02. The molecule has 0 aromatic heterocycles. The highest BCUT2D eigenvalue weighted by molar-refractivity contribution is 5.85. The van der Waals surface area contributed by atoms with E-state index in [2.05, 4.69) is 10.6 Å². The van der Waals surface area contributed by atoms with Crippen LogP contribution in [0, 0.1) is 11.3 Å². The Labute approximate surface area is 96.8 Å². The van der Waals surface area contributed by atoms with Crippen LogP contribution in [-0.2, 0) is 4.79 Å². The van der Waals surface area contributed by atoms with Gasteiger partial charge < -0.3 is 10.6 Å². The van der Waals surface area contributed by atoms with Gasteiger partial charge in [-0.1, -0.05) is 0 Å². The van der Waals surface area contributed by atoms with Crippen LogP contribution in [0.15, 0.2) is 0 Å². The average molecular weight is 231 g/mol. The van der Waals surface area contributed by atoms with Crippen LogP contribution in [0.5, 0.6) is 0 Å². The quantitative estimate of drug-likeness (QED) is 0.746. The van der Waals surface area contributed by atoms with Crippen molar-refractivity contribution in [3.8, 4) is 0 Å². The first kappa shape index (κ1) is 11.2. The van der Waals surface area contributed by atoms with Gasteiger partial charge in [-0.05, 0) is 44.1 Å². The Bertz CT molecular complexity index is 259. The van der Waals surface area contributed by atoms with Crippen LogP contribution in [0.4, 0.5) is 0 Å². The summed E-state index contributed by atoms with van der Waals surface area (Å²) in [6, 6.07) is 0.509. The third kappa shape index (κ3) is 1.87. The summed E-state index contributed by atoms with van der Waals surface area (Å²) in [7, 11) is 0. The lowest BCUT2D eigenvalue weighted by Crippen LogP contribution is -2.41. The number of carbonyl (C=O) groups excluding carboxylic acids is 1. The Morgan fingerprint density at radius 1 is 1.40 bits per heavy atom. The molecule has 15 heavy (non-hydrogen) atoms. The molecule has 3 fully saturated rings. The van der Waals surface area contributed by atoms with Gasteiger partial charge in [-0.2, -0.15) is 0 Å². The van der Waals surface area contributed by atoms with Gasteiger partial charge in [0.15, 0.2) is 0 Å². The second kappa shape index (κ2) is 3.95. The largest absolute Gasteiger partial charge is 0.353 e. The van der Waals surface area contributed by atoms with Gasteiger partial charge in [-0.25, -0.2) is 0 Å². The lowest BCUT2D eigenvalue weighted by molar-refractivity contribution is -0.124. The summed E-state index contributed by atoms with van der Waals surface area (Å²) in [5.41, 5.74) is 0.369. The molecule has 1 saturated heterocycles. The second-order valence-corrected chi connectivity index (χ2v) is 5.18. The van der Waals surface area contributed by atoms with E-state index in [9.17, 15) is 4.79 Å². The van der Waals surface area contributed by atoms with E-state index < -0.39 is 0 Å². The van der Waals surface area contributed by atoms with Crippen LogP contribution in [0.25, 0.3) is 0 Å². The first-order valence-electron chi connectivity index (χ1n) is 5.81. The zero-order valence-corrected chi connectivity index (χ0v) is 9.74. The molecular formula is C11H19ClN2O. The summed E-state index contributed by atoms with van der Waals surface area (Å²) in [5.74, 6) is 0.663. The number of rotatable bonds is 2. The number of nitrogens with one attached hydrogen (secondary N) is 2. The summed E-state index contributed by atoms with van der Waals surface area (Å²) in [4.78, 5) is 11.8. The van der Waals surface area contributed by atoms with Crippen molar-refractivity contribution in [3.63, 3.8) is 0 Å². The van der Waals surface area contributed by atoms with Gasteiger partial charge in [0.25, 0.3) is 0 Å². The first-order valence-corrected chi connectivity index (χ1v) is 5.81.